The summed E-state index contributed by atoms with van der Waals surface area (Å²) in [6.07, 6.45) is 6.73. The predicted molar refractivity (Wildman–Crippen MR) is 117 cm³/mol. The van der Waals surface area contributed by atoms with Crippen LogP contribution in [0.15, 0.2) is 46.3 Å². The number of hydrogen-bond acceptors (Lipinski definition) is 5. The van der Waals surface area contributed by atoms with E-state index in [1.807, 2.05) is 0 Å². The van der Waals surface area contributed by atoms with Crippen molar-refractivity contribution in [3.05, 3.63) is 58.4 Å². The Kier molecular flexibility index (Phi) is 5.61. The van der Waals surface area contributed by atoms with Gasteiger partial charge in [0.15, 0.2) is 0 Å². The number of benzene rings is 1. The monoisotopic (exact) mass is 439 g/mol. The first-order valence-electron chi connectivity index (χ1n) is 11.1. The Bertz CT molecular complexity index is 1040. The second kappa shape index (κ2) is 8.54. The average molecular weight is 440 g/mol. The average Bonchev–Trinajstić information content (AvgIpc) is 3.55. The molecular weight excluding hydrogens is 413 g/mol. The first-order valence-corrected chi connectivity index (χ1v) is 11.9. The number of piperidine rings is 1. The van der Waals surface area contributed by atoms with E-state index in [1.165, 1.54) is 10.9 Å². The Balaban J connectivity index is 1.29. The number of amides is 1. The highest BCUT2D eigenvalue weighted by atomic mass is 32.1. The standard InChI is InChI=1S/C24H26FN3O2S/c25-19-9-2-1-8-18(19)22-26-21(30-27-22)15-17-7-5-13-28(16-17)23(29)24(11-3-4-12-24)20-10-6-14-31-20/h1-2,6,8-10,14,17H,3-5,7,11-13,15-16H2. The number of rotatable bonds is 5. The summed E-state index contributed by atoms with van der Waals surface area (Å²) in [6, 6.07) is 10.6. The fourth-order valence-corrected chi connectivity index (χ4v) is 6.13. The second-order valence-electron chi connectivity index (χ2n) is 8.72. The molecule has 1 saturated carbocycles. The molecular formula is C24H26FN3O2S. The molecule has 1 aliphatic carbocycles. The zero-order valence-corrected chi connectivity index (χ0v) is 18.2. The lowest BCUT2D eigenvalue weighted by Gasteiger charge is -2.38. The van der Waals surface area contributed by atoms with E-state index in [2.05, 4.69) is 32.6 Å². The smallest absolute Gasteiger partial charge is 0.234 e. The molecule has 1 aromatic carbocycles. The molecule has 1 saturated heterocycles. The van der Waals surface area contributed by atoms with Gasteiger partial charge in [0.25, 0.3) is 0 Å². The molecule has 5 nitrogen and oxygen atoms in total. The summed E-state index contributed by atoms with van der Waals surface area (Å²) in [5.41, 5.74) is 0.00974. The van der Waals surface area contributed by atoms with Gasteiger partial charge in [-0.3, -0.25) is 4.79 Å². The topological polar surface area (TPSA) is 59.2 Å². The largest absolute Gasteiger partial charge is 0.342 e. The molecule has 3 heterocycles. The molecule has 5 rings (SSSR count). The minimum Gasteiger partial charge on any atom is -0.342 e. The lowest BCUT2D eigenvalue weighted by molar-refractivity contribution is -0.139. The fraction of sp³-hybridized carbons (Fsp3) is 0.458. The molecule has 0 bridgehead atoms. The van der Waals surface area contributed by atoms with E-state index >= 15 is 0 Å². The van der Waals surface area contributed by atoms with E-state index in [1.54, 1.807) is 29.5 Å². The molecule has 1 unspecified atom stereocenters. The lowest BCUT2D eigenvalue weighted by Crippen LogP contribution is -2.49. The van der Waals surface area contributed by atoms with Gasteiger partial charge in [-0.05, 0) is 55.2 Å². The number of aromatic nitrogens is 2. The molecule has 1 atom stereocenters. The molecule has 2 fully saturated rings. The van der Waals surface area contributed by atoms with Crippen LogP contribution in [0.3, 0.4) is 0 Å². The van der Waals surface area contributed by atoms with Gasteiger partial charge in [0.1, 0.15) is 5.82 Å². The molecule has 162 valence electrons. The first kappa shape index (κ1) is 20.4. The molecule has 0 radical (unpaired) electrons. The second-order valence-corrected chi connectivity index (χ2v) is 9.67. The van der Waals surface area contributed by atoms with Gasteiger partial charge in [-0.15, -0.1) is 11.3 Å². The van der Waals surface area contributed by atoms with Crippen LogP contribution in [0.1, 0.15) is 49.3 Å². The van der Waals surface area contributed by atoms with Crippen molar-refractivity contribution >= 4 is 17.2 Å². The number of carbonyl (C=O) groups excluding carboxylic acids is 1. The van der Waals surface area contributed by atoms with Gasteiger partial charge in [0, 0.05) is 24.4 Å². The Hall–Kier alpha value is -2.54. The minimum atomic E-state index is -0.361. The van der Waals surface area contributed by atoms with E-state index in [0.717, 1.165) is 45.1 Å². The molecule has 2 aliphatic rings. The molecule has 0 spiro atoms. The van der Waals surface area contributed by atoms with Crippen molar-refractivity contribution in [2.24, 2.45) is 5.92 Å². The Labute approximate surface area is 185 Å². The lowest BCUT2D eigenvalue weighted by atomic mass is 9.81. The number of nitrogens with zero attached hydrogens (tertiary/aromatic N) is 3. The number of halogens is 1. The summed E-state index contributed by atoms with van der Waals surface area (Å²) in [6.45, 7) is 1.52. The molecule has 0 N–H and O–H groups in total. The zero-order chi connectivity index (χ0) is 21.3. The molecule has 3 aromatic rings. The van der Waals surface area contributed by atoms with Gasteiger partial charge in [-0.25, -0.2) is 4.39 Å². The predicted octanol–water partition coefficient (Wildman–Crippen LogP) is 5.23. The van der Waals surface area contributed by atoms with E-state index < -0.39 is 0 Å². The van der Waals surface area contributed by atoms with Crippen LogP contribution in [-0.4, -0.2) is 34.0 Å². The van der Waals surface area contributed by atoms with Crippen LogP contribution in [0.5, 0.6) is 0 Å². The summed E-state index contributed by atoms with van der Waals surface area (Å²) in [5, 5.41) is 6.04. The Morgan fingerprint density at radius 2 is 2.03 bits per heavy atom. The maximum atomic E-state index is 14.0. The molecule has 1 amide bonds. The van der Waals surface area contributed by atoms with Gasteiger partial charge < -0.3 is 9.42 Å². The molecule has 1 aliphatic heterocycles. The normalized spacial score (nSPS) is 20.8. The summed E-state index contributed by atoms with van der Waals surface area (Å²) >= 11 is 1.71. The maximum absolute atomic E-state index is 14.0. The van der Waals surface area contributed by atoms with Crippen molar-refractivity contribution in [2.75, 3.05) is 13.1 Å². The van der Waals surface area contributed by atoms with Crippen molar-refractivity contribution in [1.82, 2.24) is 15.0 Å². The van der Waals surface area contributed by atoms with Crippen molar-refractivity contribution in [3.8, 4) is 11.4 Å². The number of thiophene rings is 1. The fourth-order valence-electron chi connectivity index (χ4n) is 5.15. The molecule has 31 heavy (non-hydrogen) atoms. The van der Waals surface area contributed by atoms with Crippen LogP contribution in [0.4, 0.5) is 4.39 Å². The van der Waals surface area contributed by atoms with Gasteiger partial charge in [-0.2, -0.15) is 4.98 Å². The molecule has 7 heteroatoms. The maximum Gasteiger partial charge on any atom is 0.234 e. The molecule has 2 aromatic heterocycles. The van der Waals surface area contributed by atoms with Crippen LogP contribution in [0.25, 0.3) is 11.4 Å². The summed E-state index contributed by atoms with van der Waals surface area (Å²) in [5.74, 6) is 0.980. The first-order chi connectivity index (χ1) is 15.2. The SMILES string of the molecule is O=C(N1CCCC(Cc2nc(-c3ccccc3F)no2)C1)C1(c2cccs2)CCCC1. The highest BCUT2D eigenvalue weighted by Crippen LogP contribution is 2.45. The van der Waals surface area contributed by atoms with E-state index in [9.17, 15) is 9.18 Å². The summed E-state index contributed by atoms with van der Waals surface area (Å²) in [7, 11) is 0. The van der Waals surface area contributed by atoms with Crippen molar-refractivity contribution < 1.29 is 13.7 Å². The van der Waals surface area contributed by atoms with Crippen molar-refractivity contribution in [3.63, 3.8) is 0 Å². The van der Waals surface area contributed by atoms with E-state index in [4.69, 9.17) is 4.52 Å². The van der Waals surface area contributed by atoms with E-state index in [0.29, 0.717) is 24.4 Å². The summed E-state index contributed by atoms with van der Waals surface area (Å²) in [4.78, 5) is 21.4. The van der Waals surface area contributed by atoms with Gasteiger partial charge >= 0.3 is 0 Å². The van der Waals surface area contributed by atoms with Gasteiger partial charge in [0.05, 0.1) is 11.0 Å². The minimum absolute atomic E-state index is 0.272. The highest BCUT2D eigenvalue weighted by Gasteiger charge is 2.46. The quantitative estimate of drug-likeness (QED) is 0.546. The van der Waals surface area contributed by atoms with E-state index in [-0.39, 0.29) is 28.9 Å². The number of carbonyl (C=O) groups is 1. The third-order valence-corrected chi connectivity index (χ3v) is 7.79. The van der Waals surface area contributed by atoms with Crippen molar-refractivity contribution in [2.45, 2.75) is 50.4 Å². The van der Waals surface area contributed by atoms with Gasteiger partial charge in [0.2, 0.25) is 17.6 Å². The van der Waals surface area contributed by atoms with Crippen LogP contribution >= 0.6 is 11.3 Å². The summed E-state index contributed by atoms with van der Waals surface area (Å²) < 4.78 is 19.4. The van der Waals surface area contributed by atoms with Crippen LogP contribution < -0.4 is 0 Å². The van der Waals surface area contributed by atoms with Crippen LogP contribution in [0, 0.1) is 11.7 Å². The third kappa shape index (κ3) is 3.91. The van der Waals surface area contributed by atoms with Gasteiger partial charge in [-0.1, -0.05) is 36.2 Å². The Morgan fingerprint density at radius 3 is 2.81 bits per heavy atom. The highest BCUT2D eigenvalue weighted by molar-refractivity contribution is 7.10. The number of hydrogen-bond donors (Lipinski definition) is 0. The zero-order valence-electron chi connectivity index (χ0n) is 17.4. The Morgan fingerprint density at radius 1 is 1.19 bits per heavy atom. The van der Waals surface area contributed by atoms with Crippen LogP contribution in [0.2, 0.25) is 0 Å². The van der Waals surface area contributed by atoms with Crippen molar-refractivity contribution in [1.29, 1.82) is 0 Å². The third-order valence-electron chi connectivity index (χ3n) is 6.71. The van der Waals surface area contributed by atoms with Crippen LogP contribution in [-0.2, 0) is 16.6 Å². The number of likely N-dealkylation sites (tertiary alicyclic amines) is 1.